The van der Waals surface area contributed by atoms with E-state index in [0.717, 1.165) is 16.1 Å². The molecule has 19 heavy (non-hydrogen) atoms. The van der Waals surface area contributed by atoms with Crippen molar-refractivity contribution in [1.82, 2.24) is 4.98 Å². The van der Waals surface area contributed by atoms with Crippen LogP contribution in [0, 0.1) is 5.82 Å². The Morgan fingerprint density at radius 2 is 1.63 bits per heavy atom. The quantitative estimate of drug-likeness (QED) is 0.626. The maximum Gasteiger partial charge on any atom is 0.184 e. The monoisotopic (exact) mass is 289 g/mol. The first-order chi connectivity index (χ1) is 9.25. The van der Waals surface area contributed by atoms with Gasteiger partial charge in [-0.1, -0.05) is 60.1 Å². The highest BCUT2D eigenvalue weighted by atomic mass is 35.5. The van der Waals surface area contributed by atoms with Gasteiger partial charge < -0.3 is 0 Å². The first-order valence-electron chi connectivity index (χ1n) is 5.72. The zero-order valence-electron chi connectivity index (χ0n) is 9.81. The van der Waals surface area contributed by atoms with Crippen LogP contribution in [0.4, 0.5) is 4.39 Å². The van der Waals surface area contributed by atoms with Crippen LogP contribution < -0.4 is 0 Å². The average molecular weight is 290 g/mol. The summed E-state index contributed by atoms with van der Waals surface area (Å²) in [5, 5.41) is 0. The van der Waals surface area contributed by atoms with Crippen molar-refractivity contribution in [2.75, 3.05) is 0 Å². The summed E-state index contributed by atoms with van der Waals surface area (Å²) in [6, 6.07) is 16.3. The largest absolute Gasteiger partial charge is 0.224 e. The third-order valence-electron chi connectivity index (χ3n) is 2.77. The van der Waals surface area contributed by atoms with E-state index < -0.39 is 0 Å². The van der Waals surface area contributed by atoms with Crippen LogP contribution >= 0.6 is 22.9 Å². The molecule has 0 aliphatic carbocycles. The number of benzene rings is 2. The Kier molecular flexibility index (Phi) is 3.32. The van der Waals surface area contributed by atoms with Gasteiger partial charge in [0.2, 0.25) is 0 Å². The van der Waals surface area contributed by atoms with Gasteiger partial charge in [-0.15, -0.1) is 11.3 Å². The molecule has 0 amide bonds. The van der Waals surface area contributed by atoms with E-state index in [4.69, 9.17) is 11.6 Å². The van der Waals surface area contributed by atoms with Gasteiger partial charge in [0.1, 0.15) is 5.82 Å². The Morgan fingerprint density at radius 3 is 2.37 bits per heavy atom. The number of hydrogen-bond acceptors (Lipinski definition) is 2. The Balaban J connectivity index is 2.21. The molecule has 1 heterocycles. The number of nitrogens with zero attached hydrogens (tertiary/aromatic N) is 1. The molecule has 0 unspecified atom stereocenters. The molecule has 2 aromatic carbocycles. The van der Waals surface area contributed by atoms with E-state index in [1.807, 2.05) is 30.3 Å². The second-order valence-electron chi connectivity index (χ2n) is 3.99. The summed E-state index contributed by atoms with van der Waals surface area (Å²) in [5.41, 5.74) is 2.19. The first kappa shape index (κ1) is 12.3. The molecule has 0 saturated heterocycles. The molecule has 0 N–H and O–H groups in total. The van der Waals surface area contributed by atoms with Gasteiger partial charge in [-0.05, 0) is 6.07 Å². The molecule has 0 fully saturated rings. The van der Waals surface area contributed by atoms with Crippen LogP contribution in [-0.4, -0.2) is 4.98 Å². The molecule has 94 valence electrons. The molecule has 0 saturated carbocycles. The molecule has 0 atom stereocenters. The highest BCUT2D eigenvalue weighted by Gasteiger charge is 2.16. The second-order valence-corrected chi connectivity index (χ2v) is 5.57. The van der Waals surface area contributed by atoms with Crippen LogP contribution in [0.1, 0.15) is 0 Å². The van der Waals surface area contributed by atoms with Gasteiger partial charge in [-0.3, -0.25) is 0 Å². The minimum absolute atomic E-state index is 0.264. The number of aromatic nitrogens is 1. The molecular formula is C15H9ClFNS. The predicted molar refractivity (Wildman–Crippen MR) is 78.0 cm³/mol. The zero-order chi connectivity index (χ0) is 13.2. The van der Waals surface area contributed by atoms with Gasteiger partial charge in [0.05, 0.1) is 10.6 Å². The van der Waals surface area contributed by atoms with Gasteiger partial charge in [0.25, 0.3) is 0 Å². The normalized spacial score (nSPS) is 10.6. The first-order valence-corrected chi connectivity index (χ1v) is 6.92. The van der Waals surface area contributed by atoms with E-state index in [-0.39, 0.29) is 5.82 Å². The number of halogens is 2. The summed E-state index contributed by atoms with van der Waals surface area (Å²) in [6.07, 6.45) is 0. The smallest absolute Gasteiger partial charge is 0.184 e. The third kappa shape index (κ3) is 2.39. The molecule has 0 bridgehead atoms. The number of thiazole rings is 1. The van der Waals surface area contributed by atoms with E-state index in [1.54, 1.807) is 18.2 Å². The predicted octanol–water partition coefficient (Wildman–Crippen LogP) is 5.27. The average Bonchev–Trinajstić information content (AvgIpc) is 2.82. The summed E-state index contributed by atoms with van der Waals surface area (Å²) in [5.74, 6) is -0.264. The zero-order valence-corrected chi connectivity index (χ0v) is 11.4. The Bertz CT molecular complexity index is 709. The van der Waals surface area contributed by atoms with Crippen LogP contribution in [-0.2, 0) is 0 Å². The lowest BCUT2D eigenvalue weighted by atomic mass is 10.1. The third-order valence-corrected chi connectivity index (χ3v) is 3.96. The van der Waals surface area contributed by atoms with Crippen LogP contribution in [0.3, 0.4) is 0 Å². The molecule has 0 spiro atoms. The fraction of sp³-hybridized carbons (Fsp3) is 0. The molecule has 1 nitrogen and oxygen atoms in total. The van der Waals surface area contributed by atoms with Gasteiger partial charge in [0, 0.05) is 11.1 Å². The number of hydrogen-bond donors (Lipinski definition) is 0. The lowest BCUT2D eigenvalue weighted by Crippen LogP contribution is -1.84. The van der Waals surface area contributed by atoms with Crippen molar-refractivity contribution >= 4 is 22.9 Å². The summed E-state index contributed by atoms with van der Waals surface area (Å²) in [4.78, 5) is 5.07. The highest BCUT2D eigenvalue weighted by molar-refractivity contribution is 7.19. The van der Waals surface area contributed by atoms with Gasteiger partial charge >= 0.3 is 0 Å². The molecule has 4 heteroatoms. The standard InChI is InChI=1S/C15H9ClFNS/c16-15-18-13(10-6-2-1-3-7-10)14(19-15)11-8-4-5-9-12(11)17/h1-9H. The van der Waals surface area contributed by atoms with E-state index in [0.29, 0.717) is 10.0 Å². The van der Waals surface area contributed by atoms with E-state index in [9.17, 15) is 4.39 Å². The molecule has 3 aromatic rings. The molecule has 0 radical (unpaired) electrons. The van der Waals surface area contributed by atoms with E-state index >= 15 is 0 Å². The second kappa shape index (κ2) is 5.11. The van der Waals surface area contributed by atoms with Crippen molar-refractivity contribution in [1.29, 1.82) is 0 Å². The Morgan fingerprint density at radius 1 is 0.947 bits per heavy atom. The van der Waals surface area contributed by atoms with Crippen molar-refractivity contribution in [3.05, 3.63) is 64.9 Å². The van der Waals surface area contributed by atoms with Crippen molar-refractivity contribution in [3.63, 3.8) is 0 Å². The SMILES string of the molecule is Fc1ccccc1-c1sc(Cl)nc1-c1ccccc1. The van der Waals surface area contributed by atoms with Gasteiger partial charge in [-0.25, -0.2) is 9.37 Å². The minimum Gasteiger partial charge on any atom is -0.224 e. The lowest BCUT2D eigenvalue weighted by molar-refractivity contribution is 0.631. The maximum absolute atomic E-state index is 13.9. The Labute approximate surface area is 119 Å². The summed E-state index contributed by atoms with van der Waals surface area (Å²) < 4.78 is 14.3. The van der Waals surface area contributed by atoms with Crippen LogP contribution in [0.2, 0.25) is 4.47 Å². The molecule has 1 aromatic heterocycles. The molecule has 0 aliphatic heterocycles. The van der Waals surface area contributed by atoms with E-state index in [2.05, 4.69) is 4.98 Å². The van der Waals surface area contributed by atoms with Gasteiger partial charge in [-0.2, -0.15) is 0 Å². The molecule has 3 rings (SSSR count). The lowest BCUT2D eigenvalue weighted by Gasteiger charge is -2.03. The van der Waals surface area contributed by atoms with Crippen molar-refractivity contribution in [2.24, 2.45) is 0 Å². The van der Waals surface area contributed by atoms with Crippen molar-refractivity contribution in [2.45, 2.75) is 0 Å². The minimum atomic E-state index is -0.264. The molecular weight excluding hydrogens is 281 g/mol. The highest BCUT2D eigenvalue weighted by Crippen LogP contribution is 2.39. The van der Waals surface area contributed by atoms with E-state index in [1.165, 1.54) is 17.4 Å². The summed E-state index contributed by atoms with van der Waals surface area (Å²) in [7, 11) is 0. The van der Waals surface area contributed by atoms with Crippen molar-refractivity contribution in [3.8, 4) is 21.7 Å². The number of rotatable bonds is 2. The summed E-state index contributed by atoms with van der Waals surface area (Å²) in [6.45, 7) is 0. The maximum atomic E-state index is 13.9. The van der Waals surface area contributed by atoms with Crippen molar-refractivity contribution < 1.29 is 4.39 Å². The van der Waals surface area contributed by atoms with Gasteiger partial charge in [0.15, 0.2) is 4.47 Å². The Hall–Kier alpha value is -1.71. The van der Waals surface area contributed by atoms with Crippen LogP contribution in [0.15, 0.2) is 54.6 Å². The van der Waals surface area contributed by atoms with Crippen LogP contribution in [0.25, 0.3) is 21.7 Å². The topological polar surface area (TPSA) is 12.9 Å². The fourth-order valence-corrected chi connectivity index (χ4v) is 3.07. The fourth-order valence-electron chi connectivity index (χ4n) is 1.91. The molecule has 0 aliphatic rings. The van der Waals surface area contributed by atoms with Crippen LogP contribution in [0.5, 0.6) is 0 Å². The summed E-state index contributed by atoms with van der Waals surface area (Å²) >= 11 is 7.29.